The Balaban J connectivity index is 2.92. The van der Waals surface area contributed by atoms with E-state index in [0.717, 1.165) is 5.56 Å². The van der Waals surface area contributed by atoms with Gasteiger partial charge in [-0.25, -0.2) is 4.79 Å². The lowest BCUT2D eigenvalue weighted by atomic mass is 10.1. The number of rotatable bonds is 4. The van der Waals surface area contributed by atoms with Crippen LogP contribution in [0.1, 0.15) is 5.56 Å². The molecule has 0 bridgehead atoms. The lowest BCUT2D eigenvalue weighted by Crippen LogP contribution is -2.06. The maximum atomic E-state index is 11.4. The van der Waals surface area contributed by atoms with E-state index in [9.17, 15) is 4.79 Å². The normalized spacial score (nSPS) is 11.3. The van der Waals surface area contributed by atoms with Crippen molar-refractivity contribution >= 4 is 35.4 Å². The molecule has 0 saturated carbocycles. The van der Waals surface area contributed by atoms with Gasteiger partial charge in [0.25, 0.3) is 0 Å². The molecule has 1 aromatic rings. The lowest BCUT2D eigenvalue weighted by Gasteiger charge is -2.03. The largest absolute Gasteiger partial charge is 0.466 e. The van der Waals surface area contributed by atoms with Crippen LogP contribution in [0.3, 0.4) is 0 Å². The zero-order valence-corrected chi connectivity index (χ0v) is 10.8. The first-order chi connectivity index (χ1) is 7.67. The quantitative estimate of drug-likeness (QED) is 0.611. The van der Waals surface area contributed by atoms with Gasteiger partial charge in [-0.1, -0.05) is 23.7 Å². The number of hydrogen-bond acceptors (Lipinski definition) is 3. The van der Waals surface area contributed by atoms with Gasteiger partial charge in [-0.05, 0) is 30.0 Å². The number of carbonyl (C=O) groups excluding carboxylic acids is 1. The Morgan fingerprint density at radius 2 is 2.06 bits per heavy atom. The molecule has 0 spiro atoms. The number of carbonyl (C=O) groups is 1. The number of ether oxygens (including phenoxy) is 1. The van der Waals surface area contributed by atoms with Crippen molar-refractivity contribution in [2.45, 2.75) is 0 Å². The van der Waals surface area contributed by atoms with Gasteiger partial charge in [0.1, 0.15) is 0 Å². The van der Waals surface area contributed by atoms with Crippen LogP contribution in [0.5, 0.6) is 0 Å². The molecule has 0 radical (unpaired) electrons. The van der Waals surface area contributed by atoms with Gasteiger partial charge >= 0.3 is 5.97 Å². The van der Waals surface area contributed by atoms with E-state index >= 15 is 0 Å². The number of thioether (sulfide) groups is 1. The van der Waals surface area contributed by atoms with Crippen molar-refractivity contribution < 1.29 is 9.53 Å². The number of esters is 1. The second-order valence-electron chi connectivity index (χ2n) is 3.15. The summed E-state index contributed by atoms with van der Waals surface area (Å²) in [6.45, 7) is 0. The second-order valence-corrected chi connectivity index (χ2v) is 4.45. The van der Waals surface area contributed by atoms with Crippen LogP contribution in [0.15, 0.2) is 29.8 Å². The van der Waals surface area contributed by atoms with E-state index in [0.29, 0.717) is 16.3 Å². The molecule has 0 aliphatic carbocycles. The topological polar surface area (TPSA) is 26.3 Å². The molecular formula is C12H13ClO2S. The third kappa shape index (κ3) is 3.91. The minimum atomic E-state index is -0.288. The van der Waals surface area contributed by atoms with Crippen LogP contribution in [0.2, 0.25) is 5.02 Å². The average Bonchev–Trinajstić information content (AvgIpc) is 2.30. The predicted octanol–water partition coefficient (Wildman–Crippen LogP) is 3.26. The van der Waals surface area contributed by atoms with E-state index in [-0.39, 0.29) is 5.97 Å². The van der Waals surface area contributed by atoms with Crippen molar-refractivity contribution in [2.75, 3.05) is 19.1 Å². The summed E-state index contributed by atoms with van der Waals surface area (Å²) in [7, 11) is 1.39. The Bertz CT molecular complexity index is 385. The Morgan fingerprint density at radius 3 is 2.56 bits per heavy atom. The van der Waals surface area contributed by atoms with Gasteiger partial charge in [0, 0.05) is 16.3 Å². The summed E-state index contributed by atoms with van der Waals surface area (Å²) in [5.41, 5.74) is 1.59. The number of hydrogen-bond donors (Lipinski definition) is 0. The lowest BCUT2D eigenvalue weighted by molar-refractivity contribution is -0.135. The van der Waals surface area contributed by atoms with Gasteiger partial charge < -0.3 is 4.74 Å². The van der Waals surface area contributed by atoms with Gasteiger partial charge in [0.15, 0.2) is 0 Å². The van der Waals surface area contributed by atoms with Crippen LogP contribution in [0.4, 0.5) is 0 Å². The van der Waals surface area contributed by atoms with Crippen molar-refractivity contribution in [3.05, 3.63) is 40.4 Å². The van der Waals surface area contributed by atoms with E-state index in [1.807, 2.05) is 24.5 Å². The molecular weight excluding hydrogens is 244 g/mol. The van der Waals surface area contributed by atoms with Crippen LogP contribution in [-0.2, 0) is 9.53 Å². The highest BCUT2D eigenvalue weighted by molar-refractivity contribution is 7.98. The highest BCUT2D eigenvalue weighted by Gasteiger charge is 2.08. The van der Waals surface area contributed by atoms with E-state index < -0.39 is 0 Å². The summed E-state index contributed by atoms with van der Waals surface area (Å²) in [6.07, 6.45) is 3.76. The highest BCUT2D eigenvalue weighted by Crippen LogP contribution is 2.15. The summed E-state index contributed by atoms with van der Waals surface area (Å²) in [4.78, 5) is 11.4. The van der Waals surface area contributed by atoms with Gasteiger partial charge in [-0.3, -0.25) is 0 Å². The summed E-state index contributed by atoms with van der Waals surface area (Å²) in [5, 5.41) is 0.682. The molecule has 1 rings (SSSR count). The molecule has 0 aliphatic rings. The minimum Gasteiger partial charge on any atom is -0.466 e. The van der Waals surface area contributed by atoms with Crippen molar-refractivity contribution in [2.24, 2.45) is 0 Å². The van der Waals surface area contributed by atoms with Gasteiger partial charge in [0.2, 0.25) is 0 Å². The summed E-state index contributed by atoms with van der Waals surface area (Å²) >= 11 is 7.36. The molecule has 0 N–H and O–H groups in total. The van der Waals surface area contributed by atoms with Crippen molar-refractivity contribution in [1.82, 2.24) is 0 Å². The van der Waals surface area contributed by atoms with Gasteiger partial charge in [-0.2, -0.15) is 11.8 Å². The summed E-state index contributed by atoms with van der Waals surface area (Å²) < 4.78 is 4.71. The molecule has 0 aliphatic heterocycles. The third-order valence-corrected chi connectivity index (χ3v) is 2.81. The van der Waals surface area contributed by atoms with Crippen molar-refractivity contribution in [3.8, 4) is 0 Å². The first kappa shape index (κ1) is 13.1. The monoisotopic (exact) mass is 256 g/mol. The second kappa shape index (κ2) is 6.61. The predicted molar refractivity (Wildman–Crippen MR) is 69.8 cm³/mol. The molecule has 0 aromatic heterocycles. The van der Waals surface area contributed by atoms with Crippen molar-refractivity contribution in [1.29, 1.82) is 0 Å². The zero-order valence-electron chi connectivity index (χ0n) is 9.20. The maximum Gasteiger partial charge on any atom is 0.334 e. The van der Waals surface area contributed by atoms with E-state index in [4.69, 9.17) is 16.3 Å². The van der Waals surface area contributed by atoms with E-state index in [1.165, 1.54) is 7.11 Å². The fourth-order valence-electron chi connectivity index (χ4n) is 1.21. The molecule has 0 heterocycles. The fourth-order valence-corrected chi connectivity index (χ4v) is 1.84. The van der Waals surface area contributed by atoms with Crippen LogP contribution in [-0.4, -0.2) is 25.1 Å². The Hall–Kier alpha value is -0.930. The average molecular weight is 257 g/mol. The number of benzene rings is 1. The van der Waals surface area contributed by atoms with Gasteiger partial charge in [0.05, 0.1) is 7.11 Å². The van der Waals surface area contributed by atoms with E-state index in [2.05, 4.69) is 0 Å². The molecule has 0 saturated heterocycles. The standard InChI is InChI=1S/C12H13ClO2S/c1-15-12(14)10(8-16-2)7-9-3-5-11(13)6-4-9/h3-7H,8H2,1-2H3/b10-7+. The molecule has 4 heteroatoms. The summed E-state index contributed by atoms with van der Waals surface area (Å²) in [5.74, 6) is 0.347. The smallest absolute Gasteiger partial charge is 0.334 e. The van der Waals surface area contributed by atoms with Gasteiger partial charge in [-0.15, -0.1) is 0 Å². The Labute approximate surface area is 105 Å². The third-order valence-electron chi connectivity index (χ3n) is 1.96. The van der Waals surface area contributed by atoms with Crippen LogP contribution in [0.25, 0.3) is 6.08 Å². The van der Waals surface area contributed by atoms with Crippen LogP contribution >= 0.6 is 23.4 Å². The zero-order chi connectivity index (χ0) is 12.0. The number of methoxy groups -OCH3 is 1. The van der Waals surface area contributed by atoms with Crippen LogP contribution < -0.4 is 0 Å². The molecule has 86 valence electrons. The first-order valence-corrected chi connectivity index (χ1v) is 6.48. The van der Waals surface area contributed by atoms with Crippen LogP contribution in [0, 0.1) is 0 Å². The molecule has 0 fully saturated rings. The molecule has 0 atom stereocenters. The summed E-state index contributed by atoms with van der Waals surface area (Å²) in [6, 6.07) is 7.32. The molecule has 2 nitrogen and oxygen atoms in total. The minimum absolute atomic E-state index is 0.288. The fraction of sp³-hybridized carbons (Fsp3) is 0.250. The van der Waals surface area contributed by atoms with Crippen molar-refractivity contribution in [3.63, 3.8) is 0 Å². The molecule has 0 unspecified atom stereocenters. The van der Waals surface area contributed by atoms with E-state index in [1.54, 1.807) is 23.9 Å². The maximum absolute atomic E-state index is 11.4. The highest BCUT2D eigenvalue weighted by atomic mass is 35.5. The Kier molecular flexibility index (Phi) is 5.43. The Morgan fingerprint density at radius 1 is 1.44 bits per heavy atom. The molecule has 16 heavy (non-hydrogen) atoms. The number of halogens is 1. The first-order valence-electron chi connectivity index (χ1n) is 4.70. The molecule has 1 aromatic carbocycles. The SMILES string of the molecule is COC(=O)/C(=C/c1ccc(Cl)cc1)CSC. The molecule has 0 amide bonds.